The highest BCUT2D eigenvalue weighted by atomic mass is 16.0. The van der Waals surface area contributed by atoms with Crippen LogP contribution in [-0.4, -0.2) is 5.48 Å². The maximum atomic E-state index is 5.60. The van der Waals surface area contributed by atoms with E-state index in [4.69, 9.17) is 11.5 Å². The second kappa shape index (κ2) is 5.85. The molecule has 0 unspecified atom stereocenters. The van der Waals surface area contributed by atoms with Crippen LogP contribution in [-0.2, 0) is 0 Å². The van der Waals surface area contributed by atoms with Gasteiger partial charge in [0.25, 0.3) is 0 Å². The van der Waals surface area contributed by atoms with Gasteiger partial charge in [-0.2, -0.15) is 0 Å². The minimum absolute atomic E-state index is 0. The van der Waals surface area contributed by atoms with Crippen molar-refractivity contribution in [3.8, 4) is 0 Å². The summed E-state index contributed by atoms with van der Waals surface area (Å²) >= 11 is 0. The fourth-order valence-electron chi connectivity index (χ4n) is 0.491. The highest BCUT2D eigenvalue weighted by Crippen LogP contribution is 2.07. The smallest absolute Gasteiger partial charge is 0.0387 e. The van der Waals surface area contributed by atoms with Gasteiger partial charge in [-0.15, -0.1) is 0 Å². The zero-order chi connectivity index (χ0) is 9.72. The van der Waals surface area contributed by atoms with Gasteiger partial charge in [0.05, 0.1) is 0 Å². The summed E-state index contributed by atoms with van der Waals surface area (Å²) in [7, 11) is 0. The third kappa shape index (κ3) is 4.66. The topological polar surface area (TPSA) is 83.5 Å². The summed E-state index contributed by atoms with van der Waals surface area (Å²) < 4.78 is 0. The predicted octanol–water partition coefficient (Wildman–Crippen LogP) is 0.775. The van der Waals surface area contributed by atoms with Gasteiger partial charge in [-0.25, -0.2) is 0 Å². The fourth-order valence-corrected chi connectivity index (χ4v) is 0.491. The second-order valence-electron chi connectivity index (χ2n) is 2.38. The highest BCUT2D eigenvalue weighted by molar-refractivity contribution is 5.43. The van der Waals surface area contributed by atoms with E-state index in [1.165, 1.54) is 0 Å². The van der Waals surface area contributed by atoms with Crippen LogP contribution in [0.15, 0.2) is 61.0 Å². The van der Waals surface area contributed by atoms with E-state index in [2.05, 4.69) is 26.3 Å². The minimum Gasteiger partial charge on any atom is -0.412 e. The van der Waals surface area contributed by atoms with E-state index in [0.717, 1.165) is 0 Å². The monoisotopic (exact) mass is 180 g/mol. The Morgan fingerprint density at radius 1 is 1.00 bits per heavy atom. The molecule has 0 amide bonds. The molecule has 0 atom stereocenters. The van der Waals surface area contributed by atoms with Gasteiger partial charge >= 0.3 is 0 Å². The summed E-state index contributed by atoms with van der Waals surface area (Å²) in [5.74, 6) is 0. The van der Waals surface area contributed by atoms with Crippen LogP contribution < -0.4 is 11.5 Å². The molecule has 0 heterocycles. The molecule has 0 fully saturated rings. The van der Waals surface area contributed by atoms with Crippen molar-refractivity contribution in [2.24, 2.45) is 11.5 Å². The summed E-state index contributed by atoms with van der Waals surface area (Å²) in [6.45, 7) is 14.4. The predicted molar refractivity (Wildman–Crippen MR) is 57.7 cm³/mol. The van der Waals surface area contributed by atoms with Crippen LogP contribution in [0.4, 0.5) is 0 Å². The minimum atomic E-state index is 0. The van der Waals surface area contributed by atoms with E-state index >= 15 is 0 Å². The Balaban J connectivity index is 0. The second-order valence-corrected chi connectivity index (χ2v) is 2.38. The van der Waals surface area contributed by atoms with Gasteiger partial charge in [-0.3, -0.25) is 0 Å². The molecule has 0 aromatic rings. The lowest BCUT2D eigenvalue weighted by molar-refractivity contribution is 0.824. The van der Waals surface area contributed by atoms with Crippen LogP contribution in [0.5, 0.6) is 0 Å². The van der Waals surface area contributed by atoms with Gasteiger partial charge in [0.1, 0.15) is 0 Å². The van der Waals surface area contributed by atoms with Crippen LogP contribution in [0.3, 0.4) is 0 Å². The first kappa shape index (κ1) is 13.8. The Kier molecular flexibility index (Phi) is 6.22. The molecular weight excluding hydrogens is 164 g/mol. The van der Waals surface area contributed by atoms with E-state index in [-0.39, 0.29) is 5.48 Å². The lowest BCUT2D eigenvalue weighted by Crippen LogP contribution is -2.02. The van der Waals surface area contributed by atoms with Crippen LogP contribution in [0.25, 0.3) is 0 Å². The molecule has 0 rings (SSSR count). The highest BCUT2D eigenvalue weighted by Gasteiger charge is 1.95. The van der Waals surface area contributed by atoms with Crippen molar-refractivity contribution in [2.75, 3.05) is 0 Å². The zero-order valence-corrected chi connectivity index (χ0v) is 7.64. The first-order valence-electron chi connectivity index (χ1n) is 3.41. The molecule has 0 aliphatic carbocycles. The largest absolute Gasteiger partial charge is 0.412 e. The lowest BCUT2D eigenvalue weighted by Gasteiger charge is -2.02. The van der Waals surface area contributed by atoms with E-state index in [9.17, 15) is 0 Å². The summed E-state index contributed by atoms with van der Waals surface area (Å²) in [5, 5.41) is 0. The van der Waals surface area contributed by atoms with Crippen molar-refractivity contribution in [1.82, 2.24) is 0 Å². The van der Waals surface area contributed by atoms with Gasteiger partial charge < -0.3 is 16.9 Å². The number of hydrogen-bond acceptors (Lipinski definition) is 2. The van der Waals surface area contributed by atoms with Crippen LogP contribution in [0.1, 0.15) is 0 Å². The molecule has 0 saturated heterocycles. The molecule has 3 heteroatoms. The quantitative estimate of drug-likeness (QED) is 0.626. The van der Waals surface area contributed by atoms with Gasteiger partial charge in [-0.1, -0.05) is 32.4 Å². The molecule has 0 aliphatic heterocycles. The molecule has 0 radical (unpaired) electrons. The molecule has 0 aromatic carbocycles. The maximum Gasteiger partial charge on any atom is 0.0387 e. The number of rotatable bonds is 4. The molecule has 3 nitrogen and oxygen atoms in total. The molecule has 0 spiro atoms. The first-order chi connectivity index (χ1) is 5.49. The Hall–Kier alpha value is -1.74. The molecule has 0 aromatic heterocycles. The normalized spacial score (nSPS) is 9.69. The van der Waals surface area contributed by atoms with E-state index in [1.807, 2.05) is 0 Å². The summed E-state index contributed by atoms with van der Waals surface area (Å²) in [6, 6.07) is 0. The molecule has 0 bridgehead atoms. The summed E-state index contributed by atoms with van der Waals surface area (Å²) in [4.78, 5) is 0. The van der Waals surface area contributed by atoms with Gasteiger partial charge in [0.2, 0.25) is 0 Å². The van der Waals surface area contributed by atoms with E-state index in [1.54, 1.807) is 12.2 Å². The molecule has 0 aliphatic rings. The van der Waals surface area contributed by atoms with E-state index < -0.39 is 0 Å². The average Bonchev–Trinajstić information content (AvgIpc) is 2.02. The van der Waals surface area contributed by atoms with Crippen LogP contribution in [0.2, 0.25) is 0 Å². The molecular formula is C10H16N2O. The lowest BCUT2D eigenvalue weighted by atomic mass is 10.1. The Morgan fingerprint density at radius 2 is 1.46 bits per heavy atom. The van der Waals surface area contributed by atoms with Crippen molar-refractivity contribution in [3.63, 3.8) is 0 Å². The standard InChI is InChI=1S/C10H14N2.H2O/c1-5-7(2)10(12)6-8(3)9(4)11;/h5-6H,1-4,11-12H2;1H2/b10-6-;. The average molecular weight is 180 g/mol. The Bertz CT molecular complexity index is 275. The van der Waals surface area contributed by atoms with Crippen molar-refractivity contribution >= 4 is 0 Å². The van der Waals surface area contributed by atoms with Crippen LogP contribution in [0, 0.1) is 0 Å². The van der Waals surface area contributed by atoms with Crippen molar-refractivity contribution in [1.29, 1.82) is 0 Å². The van der Waals surface area contributed by atoms with E-state index in [0.29, 0.717) is 22.5 Å². The molecule has 72 valence electrons. The number of allylic oxidation sites excluding steroid dienone is 2. The maximum absolute atomic E-state index is 5.60. The van der Waals surface area contributed by atoms with Crippen molar-refractivity contribution in [3.05, 3.63) is 61.0 Å². The third-order valence-corrected chi connectivity index (χ3v) is 1.36. The van der Waals surface area contributed by atoms with Crippen molar-refractivity contribution in [2.45, 2.75) is 0 Å². The fraction of sp³-hybridized carbons (Fsp3) is 0. The SMILES string of the molecule is C=CC(=C)/C(N)=C/C(=C)C(=C)N.O. The Labute approximate surface area is 78.7 Å². The molecule has 13 heavy (non-hydrogen) atoms. The van der Waals surface area contributed by atoms with Crippen molar-refractivity contribution < 1.29 is 5.48 Å². The van der Waals surface area contributed by atoms with Gasteiger partial charge in [0, 0.05) is 11.4 Å². The number of nitrogens with two attached hydrogens (primary N) is 2. The zero-order valence-electron chi connectivity index (χ0n) is 7.64. The summed E-state index contributed by atoms with van der Waals surface area (Å²) in [5.41, 5.74) is 13.1. The Morgan fingerprint density at radius 3 is 1.77 bits per heavy atom. The van der Waals surface area contributed by atoms with Gasteiger partial charge in [0.15, 0.2) is 0 Å². The molecule has 6 N–H and O–H groups in total. The summed E-state index contributed by atoms with van der Waals surface area (Å²) in [6.07, 6.45) is 3.19. The third-order valence-electron chi connectivity index (χ3n) is 1.36. The molecule has 0 saturated carbocycles. The van der Waals surface area contributed by atoms with Crippen LogP contribution >= 0.6 is 0 Å². The first-order valence-corrected chi connectivity index (χ1v) is 3.41. The number of hydrogen-bond donors (Lipinski definition) is 2. The van der Waals surface area contributed by atoms with Gasteiger partial charge in [-0.05, 0) is 17.2 Å².